The first-order chi connectivity index (χ1) is 31.7. The summed E-state index contributed by atoms with van der Waals surface area (Å²) in [5.74, 6) is -0.330. The number of nitrogens with zero attached hydrogens (tertiary/aromatic N) is 7. The van der Waals surface area contributed by atoms with Gasteiger partial charge in [0, 0.05) is 103 Å². The number of urea groups is 1. The summed E-state index contributed by atoms with van der Waals surface area (Å²) in [5, 5.41) is 3.03. The van der Waals surface area contributed by atoms with Crippen LogP contribution < -0.4 is 11.1 Å². The van der Waals surface area contributed by atoms with Crippen molar-refractivity contribution >= 4 is 52.6 Å². The van der Waals surface area contributed by atoms with Crippen LogP contribution in [0.3, 0.4) is 0 Å². The molecule has 0 saturated carbocycles. The van der Waals surface area contributed by atoms with Crippen LogP contribution in [0.5, 0.6) is 0 Å². The van der Waals surface area contributed by atoms with Crippen molar-refractivity contribution in [3.63, 3.8) is 0 Å². The van der Waals surface area contributed by atoms with Gasteiger partial charge >= 0.3 is 23.8 Å². The SMILES string of the molecule is C.CN1CCN(C(=O)CCC(=O)OCCN2CCCC2=O)CC1.Cc1cc(C[C@@H](OC(=O)N2CCC(N3CCc4ccccc4NC3=O)CC2)C(=O)N2CCC(C)CC2)cc2oc(=O)n(C)c12. The molecular formula is C49H70N8O10. The molecule has 18 nitrogen and oxygen atoms in total. The van der Waals surface area contributed by atoms with Crippen molar-refractivity contribution in [1.29, 1.82) is 0 Å². The van der Waals surface area contributed by atoms with Crippen molar-refractivity contribution in [3.05, 3.63) is 63.6 Å². The van der Waals surface area contributed by atoms with E-state index in [-0.39, 0.29) is 69.1 Å². The van der Waals surface area contributed by atoms with Crippen LogP contribution in [-0.2, 0) is 48.5 Å². The highest BCUT2D eigenvalue weighted by molar-refractivity contribution is 5.91. The molecule has 0 radical (unpaired) electrons. The molecule has 0 unspecified atom stereocenters. The highest BCUT2D eigenvalue weighted by Crippen LogP contribution is 2.27. The van der Waals surface area contributed by atoms with Gasteiger partial charge in [0.15, 0.2) is 11.7 Å². The largest absolute Gasteiger partial charge is 0.464 e. The minimum Gasteiger partial charge on any atom is -0.464 e. The Morgan fingerprint density at radius 1 is 0.821 bits per heavy atom. The normalized spacial score (nSPS) is 18.9. The molecule has 366 valence electrons. The predicted octanol–water partition coefficient (Wildman–Crippen LogP) is 4.64. The molecular weight excluding hydrogens is 861 g/mol. The van der Waals surface area contributed by atoms with Crippen LogP contribution >= 0.6 is 0 Å². The number of hydrogen-bond acceptors (Lipinski definition) is 11. The second kappa shape index (κ2) is 23.2. The van der Waals surface area contributed by atoms with Crippen LogP contribution in [-0.4, -0.2) is 168 Å². The molecule has 4 saturated heterocycles. The van der Waals surface area contributed by atoms with E-state index in [1.165, 1.54) is 4.57 Å². The standard InChI is InChI=1S/C33H41N5O6.C15H25N3O4.CH4/c1-21-8-13-36(14-9-21)30(39)28(20-23-18-22(2)29-27(19-23)43-32(41)35(29)3)44-33(42)37-15-11-25(12-16-37)38-17-10-24-6-4-5-7-26(24)34-31(38)40;1-16-7-9-18(10-8-16)14(20)4-5-15(21)22-12-11-17-6-2-3-13(17)19;/h4-7,18-19,21,25,28H,8-17,20H2,1-3H3,(H,34,40);2-12H2,1H3;1H4/t28-;;/m1../s1. The van der Waals surface area contributed by atoms with Gasteiger partial charge in [-0.2, -0.15) is 0 Å². The van der Waals surface area contributed by atoms with Crippen LogP contribution in [0.15, 0.2) is 45.6 Å². The number of piperazine rings is 1. The highest BCUT2D eigenvalue weighted by Gasteiger charge is 2.36. The number of likely N-dealkylation sites (tertiary alicyclic amines) is 3. The van der Waals surface area contributed by atoms with Gasteiger partial charge in [0.05, 0.1) is 18.5 Å². The lowest BCUT2D eigenvalue weighted by Crippen LogP contribution is -2.51. The lowest BCUT2D eigenvalue weighted by Gasteiger charge is -2.38. The molecule has 1 atom stereocenters. The molecule has 5 aliphatic rings. The Kier molecular flexibility index (Phi) is 17.5. The number of piperidine rings is 2. The molecule has 0 aliphatic carbocycles. The lowest BCUT2D eigenvalue weighted by atomic mass is 9.98. The van der Waals surface area contributed by atoms with Gasteiger partial charge in [-0.3, -0.25) is 23.7 Å². The summed E-state index contributed by atoms with van der Waals surface area (Å²) in [6.07, 6.45) is 4.29. The number of para-hydroxylation sites is 1. The number of benzene rings is 2. The van der Waals surface area contributed by atoms with Crippen molar-refractivity contribution in [2.75, 3.05) is 91.0 Å². The summed E-state index contributed by atoms with van der Waals surface area (Å²) in [5.41, 5.74) is 4.72. The summed E-state index contributed by atoms with van der Waals surface area (Å²) >= 11 is 0. The van der Waals surface area contributed by atoms with E-state index in [1.54, 1.807) is 32.7 Å². The maximum Gasteiger partial charge on any atom is 0.419 e. The van der Waals surface area contributed by atoms with Crippen molar-refractivity contribution in [2.24, 2.45) is 13.0 Å². The molecule has 2 aromatic carbocycles. The molecule has 67 heavy (non-hydrogen) atoms. The molecule has 1 aromatic heterocycles. The Balaban J connectivity index is 0.000000272. The third-order valence-corrected chi connectivity index (χ3v) is 13.7. The third-order valence-electron chi connectivity index (χ3n) is 13.7. The number of amides is 6. The number of likely N-dealkylation sites (N-methyl/N-ethyl adjacent to an activating group) is 1. The Labute approximate surface area is 393 Å². The van der Waals surface area contributed by atoms with Crippen LogP contribution in [0.2, 0.25) is 0 Å². The van der Waals surface area contributed by atoms with E-state index < -0.39 is 18.0 Å². The Hall–Kier alpha value is -5.91. The quantitative estimate of drug-likeness (QED) is 0.264. The number of carbonyl (C=O) groups excluding carboxylic acids is 6. The first-order valence-corrected chi connectivity index (χ1v) is 23.6. The molecule has 5 aliphatic heterocycles. The van der Waals surface area contributed by atoms with E-state index in [1.807, 2.05) is 49.2 Å². The summed E-state index contributed by atoms with van der Waals surface area (Å²) < 4.78 is 18.0. The predicted molar refractivity (Wildman–Crippen MR) is 252 cm³/mol. The summed E-state index contributed by atoms with van der Waals surface area (Å²) in [6, 6.07) is 11.4. The Bertz CT molecular complexity index is 2290. The van der Waals surface area contributed by atoms with Gasteiger partial charge in [-0.05, 0) is 87.2 Å². The fourth-order valence-corrected chi connectivity index (χ4v) is 9.52. The van der Waals surface area contributed by atoms with E-state index >= 15 is 0 Å². The first-order valence-electron chi connectivity index (χ1n) is 23.6. The van der Waals surface area contributed by atoms with Gasteiger partial charge in [-0.25, -0.2) is 14.4 Å². The molecule has 8 rings (SSSR count). The van der Waals surface area contributed by atoms with Crippen LogP contribution in [0.1, 0.15) is 82.4 Å². The maximum atomic E-state index is 13.8. The molecule has 18 heteroatoms. The van der Waals surface area contributed by atoms with Gasteiger partial charge in [0.2, 0.25) is 11.8 Å². The molecule has 0 spiro atoms. The molecule has 1 N–H and O–H groups in total. The number of aryl methyl sites for hydroxylation is 2. The van der Waals surface area contributed by atoms with E-state index in [4.69, 9.17) is 13.9 Å². The summed E-state index contributed by atoms with van der Waals surface area (Å²) in [4.78, 5) is 98.4. The zero-order chi connectivity index (χ0) is 46.9. The molecule has 3 aromatic rings. The average molecular weight is 931 g/mol. The number of anilines is 1. The van der Waals surface area contributed by atoms with Gasteiger partial charge in [0.25, 0.3) is 5.91 Å². The van der Waals surface area contributed by atoms with Crippen molar-refractivity contribution in [3.8, 4) is 0 Å². The molecule has 4 fully saturated rings. The van der Waals surface area contributed by atoms with Gasteiger partial charge < -0.3 is 48.6 Å². The summed E-state index contributed by atoms with van der Waals surface area (Å²) in [6.45, 7) is 11.4. The van der Waals surface area contributed by atoms with Gasteiger partial charge in [-0.15, -0.1) is 0 Å². The van der Waals surface area contributed by atoms with E-state index in [9.17, 15) is 33.6 Å². The lowest BCUT2D eigenvalue weighted by molar-refractivity contribution is -0.147. The second-order valence-electron chi connectivity index (χ2n) is 18.4. The minimum absolute atomic E-state index is 0. The first kappa shape index (κ1) is 50.5. The fraction of sp³-hybridized carbons (Fsp3) is 0.612. The van der Waals surface area contributed by atoms with Gasteiger partial charge in [-0.1, -0.05) is 38.6 Å². The average Bonchev–Trinajstić information content (AvgIpc) is 3.79. The smallest absolute Gasteiger partial charge is 0.419 e. The number of carbonyl (C=O) groups is 6. The number of esters is 1. The maximum absolute atomic E-state index is 13.8. The third kappa shape index (κ3) is 13.0. The number of fused-ring (bicyclic) bond motifs is 2. The Morgan fingerprint density at radius 3 is 2.22 bits per heavy atom. The molecule has 6 amide bonds. The van der Waals surface area contributed by atoms with Crippen molar-refractivity contribution in [2.45, 2.75) is 97.6 Å². The Morgan fingerprint density at radius 2 is 1.52 bits per heavy atom. The van der Waals surface area contributed by atoms with Crippen LogP contribution in [0.25, 0.3) is 11.1 Å². The number of nitrogens with one attached hydrogen (secondary N) is 1. The minimum atomic E-state index is -1.00. The number of hydrogen-bond donors (Lipinski definition) is 1. The fourth-order valence-electron chi connectivity index (χ4n) is 9.52. The zero-order valence-corrected chi connectivity index (χ0v) is 39.0. The number of oxazole rings is 1. The number of ether oxygens (including phenoxy) is 2. The van der Waals surface area contributed by atoms with E-state index in [0.29, 0.717) is 75.5 Å². The molecule has 0 bridgehead atoms. The summed E-state index contributed by atoms with van der Waals surface area (Å²) in [7, 11) is 3.69. The van der Waals surface area contributed by atoms with E-state index in [2.05, 4.69) is 17.1 Å². The number of rotatable bonds is 11. The zero-order valence-electron chi connectivity index (χ0n) is 39.0. The van der Waals surface area contributed by atoms with Crippen LogP contribution in [0, 0.1) is 12.8 Å². The van der Waals surface area contributed by atoms with Crippen molar-refractivity contribution in [1.82, 2.24) is 34.0 Å². The highest BCUT2D eigenvalue weighted by atomic mass is 16.6. The number of aromatic nitrogens is 1. The van der Waals surface area contributed by atoms with Crippen molar-refractivity contribution < 1.29 is 42.7 Å². The second-order valence-corrected chi connectivity index (χ2v) is 18.4. The monoisotopic (exact) mass is 931 g/mol. The topological polar surface area (TPSA) is 187 Å². The van der Waals surface area contributed by atoms with Crippen LogP contribution in [0.4, 0.5) is 15.3 Å². The molecule has 6 heterocycles. The van der Waals surface area contributed by atoms with E-state index in [0.717, 1.165) is 80.8 Å². The van der Waals surface area contributed by atoms with Gasteiger partial charge in [0.1, 0.15) is 6.61 Å².